The summed E-state index contributed by atoms with van der Waals surface area (Å²) in [5.74, 6) is 2.50. The SMILES string of the molecule is COc1cccc(OC23CCCC(CC(=O)C2)C3)c1. The highest BCUT2D eigenvalue weighted by atomic mass is 16.5. The predicted molar refractivity (Wildman–Crippen MR) is 72.6 cm³/mol. The zero-order chi connectivity index (χ0) is 13.3. The van der Waals surface area contributed by atoms with Gasteiger partial charge in [0, 0.05) is 18.9 Å². The maximum Gasteiger partial charge on any atom is 0.137 e. The van der Waals surface area contributed by atoms with Crippen LogP contribution in [0, 0.1) is 5.92 Å². The van der Waals surface area contributed by atoms with E-state index in [4.69, 9.17) is 9.47 Å². The van der Waals surface area contributed by atoms with Gasteiger partial charge in [-0.3, -0.25) is 4.79 Å². The number of fused-ring (bicyclic) bond motifs is 2. The average Bonchev–Trinajstić information content (AvgIpc) is 2.37. The zero-order valence-electron chi connectivity index (χ0n) is 11.4. The summed E-state index contributed by atoms with van der Waals surface area (Å²) in [4.78, 5) is 11.9. The van der Waals surface area contributed by atoms with Crippen molar-refractivity contribution in [2.24, 2.45) is 5.92 Å². The fourth-order valence-corrected chi connectivity index (χ4v) is 3.57. The van der Waals surface area contributed by atoms with Gasteiger partial charge in [0.15, 0.2) is 0 Å². The first-order valence-corrected chi connectivity index (χ1v) is 7.04. The van der Waals surface area contributed by atoms with Crippen LogP contribution < -0.4 is 9.47 Å². The van der Waals surface area contributed by atoms with E-state index in [1.165, 1.54) is 12.8 Å². The quantitative estimate of drug-likeness (QED) is 0.836. The van der Waals surface area contributed by atoms with Crippen LogP contribution in [0.5, 0.6) is 11.5 Å². The van der Waals surface area contributed by atoms with E-state index in [0.717, 1.165) is 30.8 Å². The Morgan fingerprint density at radius 1 is 1.32 bits per heavy atom. The number of benzene rings is 1. The Morgan fingerprint density at radius 2 is 2.16 bits per heavy atom. The molecule has 19 heavy (non-hydrogen) atoms. The van der Waals surface area contributed by atoms with Crippen molar-refractivity contribution in [1.29, 1.82) is 0 Å². The molecule has 1 aromatic rings. The summed E-state index contributed by atoms with van der Waals surface area (Å²) >= 11 is 0. The first-order valence-electron chi connectivity index (χ1n) is 7.04. The minimum atomic E-state index is -0.259. The van der Waals surface area contributed by atoms with Crippen molar-refractivity contribution in [1.82, 2.24) is 0 Å². The van der Waals surface area contributed by atoms with E-state index in [-0.39, 0.29) is 5.60 Å². The van der Waals surface area contributed by atoms with E-state index < -0.39 is 0 Å². The number of rotatable bonds is 3. The summed E-state index contributed by atoms with van der Waals surface area (Å²) in [6, 6.07) is 7.67. The van der Waals surface area contributed by atoms with E-state index in [1.807, 2.05) is 24.3 Å². The van der Waals surface area contributed by atoms with E-state index >= 15 is 0 Å². The molecule has 0 radical (unpaired) electrons. The third-order valence-electron chi connectivity index (χ3n) is 4.32. The summed E-state index contributed by atoms with van der Waals surface area (Å²) < 4.78 is 11.4. The van der Waals surface area contributed by atoms with Crippen molar-refractivity contribution in [3.8, 4) is 11.5 Å². The normalized spacial score (nSPS) is 29.9. The monoisotopic (exact) mass is 260 g/mol. The van der Waals surface area contributed by atoms with Crippen LogP contribution in [-0.4, -0.2) is 18.5 Å². The molecular weight excluding hydrogens is 240 g/mol. The third kappa shape index (κ3) is 2.60. The minimum absolute atomic E-state index is 0.259. The predicted octanol–water partition coefficient (Wildman–Crippen LogP) is 3.37. The van der Waals surface area contributed by atoms with Gasteiger partial charge in [0.2, 0.25) is 0 Å². The number of methoxy groups -OCH3 is 1. The first-order chi connectivity index (χ1) is 9.19. The van der Waals surface area contributed by atoms with Crippen molar-refractivity contribution in [2.45, 2.75) is 44.1 Å². The Labute approximate surface area is 113 Å². The molecule has 2 unspecified atom stereocenters. The highest BCUT2D eigenvalue weighted by molar-refractivity contribution is 5.81. The fraction of sp³-hybridized carbons (Fsp3) is 0.562. The smallest absolute Gasteiger partial charge is 0.137 e. The number of ketones is 1. The first kappa shape index (κ1) is 12.5. The van der Waals surface area contributed by atoms with Crippen LogP contribution >= 0.6 is 0 Å². The van der Waals surface area contributed by atoms with Crippen LogP contribution in [0.2, 0.25) is 0 Å². The van der Waals surface area contributed by atoms with E-state index in [2.05, 4.69) is 0 Å². The molecule has 0 aromatic heterocycles. The van der Waals surface area contributed by atoms with Gasteiger partial charge >= 0.3 is 0 Å². The van der Waals surface area contributed by atoms with Crippen molar-refractivity contribution in [2.75, 3.05) is 7.11 Å². The Kier molecular flexibility index (Phi) is 3.21. The second-order valence-electron chi connectivity index (χ2n) is 5.85. The molecule has 0 aliphatic heterocycles. The summed E-state index contributed by atoms with van der Waals surface area (Å²) in [5, 5.41) is 0. The van der Waals surface area contributed by atoms with E-state index in [0.29, 0.717) is 18.1 Å². The molecule has 1 aromatic carbocycles. The highest BCUT2D eigenvalue weighted by Gasteiger charge is 2.44. The second-order valence-corrected chi connectivity index (χ2v) is 5.85. The number of Topliss-reactive ketones (excluding diaryl/α,β-unsaturated/α-hetero) is 1. The van der Waals surface area contributed by atoms with Crippen LogP contribution in [0.25, 0.3) is 0 Å². The Bertz CT molecular complexity index is 483. The van der Waals surface area contributed by atoms with Gasteiger partial charge in [-0.15, -0.1) is 0 Å². The second kappa shape index (κ2) is 4.87. The fourth-order valence-electron chi connectivity index (χ4n) is 3.57. The topological polar surface area (TPSA) is 35.5 Å². The number of ether oxygens (including phenoxy) is 2. The standard InChI is InChI=1S/C16H20O3/c1-18-14-5-2-6-15(9-14)19-16-7-3-4-12(10-16)8-13(17)11-16/h2,5-6,9,12H,3-4,7-8,10-11H2,1H3. The van der Waals surface area contributed by atoms with Gasteiger partial charge in [0.25, 0.3) is 0 Å². The van der Waals surface area contributed by atoms with Crippen LogP contribution in [0.3, 0.4) is 0 Å². The van der Waals surface area contributed by atoms with Gasteiger partial charge < -0.3 is 9.47 Å². The summed E-state index contributed by atoms with van der Waals surface area (Å²) in [5.41, 5.74) is -0.259. The minimum Gasteiger partial charge on any atom is -0.497 e. The molecule has 0 spiro atoms. The van der Waals surface area contributed by atoms with Gasteiger partial charge in [-0.1, -0.05) is 6.07 Å². The molecule has 2 atom stereocenters. The summed E-state index contributed by atoms with van der Waals surface area (Å²) in [7, 11) is 1.65. The molecular formula is C16H20O3. The van der Waals surface area contributed by atoms with Crippen LogP contribution in [0.4, 0.5) is 0 Å². The molecule has 2 fully saturated rings. The summed E-state index contributed by atoms with van der Waals surface area (Å²) in [6.45, 7) is 0. The maximum atomic E-state index is 11.9. The van der Waals surface area contributed by atoms with Gasteiger partial charge in [-0.05, 0) is 43.7 Å². The van der Waals surface area contributed by atoms with Crippen molar-refractivity contribution >= 4 is 5.78 Å². The van der Waals surface area contributed by atoms with Gasteiger partial charge in [0.05, 0.1) is 7.11 Å². The Hall–Kier alpha value is -1.51. The molecule has 0 heterocycles. The lowest BCUT2D eigenvalue weighted by atomic mass is 9.68. The van der Waals surface area contributed by atoms with Crippen LogP contribution in [-0.2, 0) is 4.79 Å². The van der Waals surface area contributed by atoms with Gasteiger partial charge in [-0.25, -0.2) is 0 Å². The number of carbonyl (C=O) groups excluding carboxylic acids is 1. The Balaban J connectivity index is 1.81. The molecule has 102 valence electrons. The molecule has 3 nitrogen and oxygen atoms in total. The number of hydrogen-bond acceptors (Lipinski definition) is 3. The zero-order valence-corrected chi connectivity index (χ0v) is 11.4. The molecule has 2 aliphatic rings. The van der Waals surface area contributed by atoms with Crippen LogP contribution in [0.15, 0.2) is 24.3 Å². The number of carbonyl (C=O) groups is 1. The van der Waals surface area contributed by atoms with Gasteiger partial charge in [0.1, 0.15) is 22.9 Å². The lowest BCUT2D eigenvalue weighted by molar-refractivity contribution is -0.131. The molecule has 3 heteroatoms. The van der Waals surface area contributed by atoms with Crippen molar-refractivity contribution in [3.63, 3.8) is 0 Å². The molecule has 2 saturated carbocycles. The molecule has 0 amide bonds. The summed E-state index contributed by atoms with van der Waals surface area (Å²) in [6.07, 6.45) is 5.68. The molecule has 3 rings (SSSR count). The lowest BCUT2D eigenvalue weighted by Gasteiger charge is -2.44. The molecule has 0 N–H and O–H groups in total. The lowest BCUT2D eigenvalue weighted by Crippen LogP contribution is -2.47. The maximum absolute atomic E-state index is 11.9. The Morgan fingerprint density at radius 3 is 3.00 bits per heavy atom. The average molecular weight is 260 g/mol. The molecule has 0 saturated heterocycles. The van der Waals surface area contributed by atoms with Gasteiger partial charge in [-0.2, -0.15) is 0 Å². The highest BCUT2D eigenvalue weighted by Crippen LogP contribution is 2.44. The third-order valence-corrected chi connectivity index (χ3v) is 4.32. The molecule has 2 bridgehead atoms. The van der Waals surface area contributed by atoms with E-state index in [9.17, 15) is 4.79 Å². The number of hydrogen-bond donors (Lipinski definition) is 0. The molecule has 2 aliphatic carbocycles. The van der Waals surface area contributed by atoms with Crippen molar-refractivity contribution in [3.05, 3.63) is 24.3 Å². The largest absolute Gasteiger partial charge is 0.497 e. The van der Waals surface area contributed by atoms with Crippen LogP contribution in [0.1, 0.15) is 38.5 Å². The van der Waals surface area contributed by atoms with E-state index in [1.54, 1.807) is 7.11 Å². The van der Waals surface area contributed by atoms with Crippen molar-refractivity contribution < 1.29 is 14.3 Å².